The minimum absolute atomic E-state index is 0.179. The number of aliphatic hydroxyl groups is 1. The molecule has 1 aromatic rings. The van der Waals surface area contributed by atoms with E-state index in [0.29, 0.717) is 12.1 Å². The zero-order valence-corrected chi connectivity index (χ0v) is 12.7. The number of anilines is 1. The minimum atomic E-state index is -4.52. The molecule has 1 atom stereocenters. The topological polar surface area (TPSA) is 58.3 Å². The molecule has 1 unspecified atom stereocenters. The van der Waals surface area contributed by atoms with Crippen LogP contribution in [0.25, 0.3) is 0 Å². The second kappa shape index (κ2) is 7.28. The van der Waals surface area contributed by atoms with Gasteiger partial charge < -0.3 is 16.2 Å². The van der Waals surface area contributed by atoms with Crippen LogP contribution in [-0.4, -0.2) is 18.3 Å². The highest BCUT2D eigenvalue weighted by atomic mass is 79.9. The van der Waals surface area contributed by atoms with Crippen LogP contribution in [0.3, 0.4) is 0 Å². The SMILES string of the molecule is CCCCNC(CO)c1cc(Br)c(N)c(C(F)(F)F)c1. The number of benzene rings is 1. The summed E-state index contributed by atoms with van der Waals surface area (Å²) in [7, 11) is 0. The smallest absolute Gasteiger partial charge is 0.397 e. The Hall–Kier alpha value is -0.790. The Morgan fingerprint density at radius 2 is 2.05 bits per heavy atom. The fourth-order valence-corrected chi connectivity index (χ4v) is 2.29. The molecule has 0 aliphatic rings. The van der Waals surface area contributed by atoms with Crippen molar-refractivity contribution in [2.24, 2.45) is 0 Å². The lowest BCUT2D eigenvalue weighted by Gasteiger charge is -2.20. The molecule has 0 saturated carbocycles. The summed E-state index contributed by atoms with van der Waals surface area (Å²) in [4.78, 5) is 0. The van der Waals surface area contributed by atoms with Crippen LogP contribution in [-0.2, 0) is 6.18 Å². The summed E-state index contributed by atoms with van der Waals surface area (Å²) in [6.45, 7) is 2.36. The lowest BCUT2D eigenvalue weighted by Crippen LogP contribution is -2.26. The van der Waals surface area contributed by atoms with Crippen molar-refractivity contribution in [3.8, 4) is 0 Å². The van der Waals surface area contributed by atoms with Crippen LogP contribution < -0.4 is 11.1 Å². The van der Waals surface area contributed by atoms with Crippen molar-refractivity contribution in [3.05, 3.63) is 27.7 Å². The second-order valence-corrected chi connectivity index (χ2v) is 5.36. The third kappa shape index (κ3) is 4.36. The number of rotatable bonds is 6. The monoisotopic (exact) mass is 354 g/mol. The maximum Gasteiger partial charge on any atom is 0.418 e. The first-order valence-corrected chi connectivity index (χ1v) is 7.10. The number of alkyl halides is 3. The Labute approximate surface area is 124 Å². The zero-order valence-electron chi connectivity index (χ0n) is 11.1. The molecule has 1 aromatic carbocycles. The van der Waals surface area contributed by atoms with E-state index < -0.39 is 17.8 Å². The number of hydrogen-bond acceptors (Lipinski definition) is 3. The normalized spacial score (nSPS) is 13.5. The molecule has 0 aliphatic heterocycles. The minimum Gasteiger partial charge on any atom is -0.397 e. The zero-order chi connectivity index (χ0) is 15.3. The van der Waals surface area contributed by atoms with E-state index in [2.05, 4.69) is 21.2 Å². The molecule has 0 aliphatic carbocycles. The summed E-state index contributed by atoms with van der Waals surface area (Å²) in [5.41, 5.74) is 4.58. The molecule has 0 spiro atoms. The van der Waals surface area contributed by atoms with Gasteiger partial charge in [0.15, 0.2) is 0 Å². The Morgan fingerprint density at radius 3 is 2.55 bits per heavy atom. The summed E-state index contributed by atoms with van der Waals surface area (Å²) in [6.07, 6.45) is -2.67. The first-order valence-electron chi connectivity index (χ1n) is 6.31. The van der Waals surface area contributed by atoms with Gasteiger partial charge in [0.05, 0.1) is 23.9 Å². The molecular formula is C13H18BrF3N2O. The van der Waals surface area contributed by atoms with Crippen LogP contribution in [0.5, 0.6) is 0 Å². The number of nitrogens with two attached hydrogens (primary N) is 1. The summed E-state index contributed by atoms with van der Waals surface area (Å²) in [6, 6.07) is 1.95. The number of unbranched alkanes of at least 4 members (excludes halogenated alkanes) is 1. The number of nitrogen functional groups attached to an aromatic ring is 1. The Kier molecular flexibility index (Phi) is 6.29. The molecule has 1 rings (SSSR count). The molecule has 0 heterocycles. The molecule has 20 heavy (non-hydrogen) atoms. The van der Waals surface area contributed by atoms with Gasteiger partial charge in [-0.2, -0.15) is 13.2 Å². The van der Waals surface area contributed by atoms with Gasteiger partial charge in [-0.05, 0) is 46.6 Å². The van der Waals surface area contributed by atoms with Gasteiger partial charge in [0, 0.05) is 4.47 Å². The Bertz CT molecular complexity index is 452. The van der Waals surface area contributed by atoms with Crippen molar-refractivity contribution in [1.82, 2.24) is 5.32 Å². The number of nitrogens with one attached hydrogen (secondary N) is 1. The summed E-state index contributed by atoms with van der Waals surface area (Å²) in [5.74, 6) is 0. The number of hydrogen-bond donors (Lipinski definition) is 3. The predicted octanol–water partition coefficient (Wildman–Crippen LogP) is 3.47. The molecule has 3 nitrogen and oxygen atoms in total. The summed E-state index contributed by atoms with van der Waals surface area (Å²) >= 11 is 3.03. The van der Waals surface area contributed by atoms with E-state index in [-0.39, 0.29) is 16.8 Å². The average Bonchev–Trinajstić information content (AvgIpc) is 2.36. The maximum atomic E-state index is 12.9. The van der Waals surface area contributed by atoms with E-state index in [4.69, 9.17) is 5.73 Å². The van der Waals surface area contributed by atoms with Gasteiger partial charge in [-0.1, -0.05) is 13.3 Å². The van der Waals surface area contributed by atoms with Gasteiger partial charge in [0.2, 0.25) is 0 Å². The predicted molar refractivity (Wildman–Crippen MR) is 76.3 cm³/mol. The first kappa shape index (κ1) is 17.3. The van der Waals surface area contributed by atoms with Gasteiger partial charge in [0.1, 0.15) is 0 Å². The third-order valence-corrected chi connectivity index (χ3v) is 3.62. The molecule has 0 amide bonds. The largest absolute Gasteiger partial charge is 0.418 e. The molecule has 7 heteroatoms. The molecule has 114 valence electrons. The van der Waals surface area contributed by atoms with Crippen LogP contribution >= 0.6 is 15.9 Å². The number of aliphatic hydroxyl groups excluding tert-OH is 1. The van der Waals surface area contributed by atoms with E-state index in [0.717, 1.165) is 18.9 Å². The first-order chi connectivity index (χ1) is 9.31. The van der Waals surface area contributed by atoms with Crippen LogP contribution in [0.1, 0.15) is 36.9 Å². The van der Waals surface area contributed by atoms with E-state index in [1.54, 1.807) is 0 Å². The van der Waals surface area contributed by atoms with Crippen molar-refractivity contribution in [2.75, 3.05) is 18.9 Å². The van der Waals surface area contributed by atoms with E-state index >= 15 is 0 Å². The van der Waals surface area contributed by atoms with Crippen molar-refractivity contribution < 1.29 is 18.3 Å². The van der Waals surface area contributed by atoms with Crippen LogP contribution in [0.2, 0.25) is 0 Å². The molecule has 4 N–H and O–H groups in total. The average molecular weight is 355 g/mol. The van der Waals surface area contributed by atoms with Crippen LogP contribution in [0.15, 0.2) is 16.6 Å². The molecule has 0 saturated heterocycles. The Morgan fingerprint density at radius 1 is 1.40 bits per heavy atom. The van der Waals surface area contributed by atoms with E-state index in [1.165, 1.54) is 6.07 Å². The maximum absolute atomic E-state index is 12.9. The molecule has 0 aromatic heterocycles. The van der Waals surface area contributed by atoms with Crippen molar-refractivity contribution in [1.29, 1.82) is 0 Å². The molecular weight excluding hydrogens is 337 g/mol. The van der Waals surface area contributed by atoms with Gasteiger partial charge >= 0.3 is 6.18 Å². The van der Waals surface area contributed by atoms with Gasteiger partial charge in [-0.25, -0.2) is 0 Å². The van der Waals surface area contributed by atoms with Crippen molar-refractivity contribution in [2.45, 2.75) is 32.0 Å². The molecule has 0 bridgehead atoms. The van der Waals surface area contributed by atoms with Crippen LogP contribution in [0, 0.1) is 0 Å². The van der Waals surface area contributed by atoms with E-state index in [9.17, 15) is 18.3 Å². The summed E-state index contributed by atoms with van der Waals surface area (Å²) in [5, 5.41) is 12.4. The van der Waals surface area contributed by atoms with Crippen molar-refractivity contribution in [3.63, 3.8) is 0 Å². The van der Waals surface area contributed by atoms with E-state index in [1.807, 2.05) is 6.92 Å². The fourth-order valence-electron chi connectivity index (χ4n) is 1.82. The molecule has 0 radical (unpaired) electrons. The second-order valence-electron chi connectivity index (χ2n) is 4.50. The third-order valence-electron chi connectivity index (χ3n) is 2.96. The molecule has 0 fully saturated rings. The summed E-state index contributed by atoms with van der Waals surface area (Å²) < 4.78 is 38.9. The Balaban J connectivity index is 3.08. The standard InChI is InChI=1S/C13H18BrF3N2O/c1-2-3-4-19-11(7-20)8-5-9(13(15,16)17)12(18)10(14)6-8/h5-6,11,19-20H,2-4,7,18H2,1H3. The lowest BCUT2D eigenvalue weighted by atomic mass is 10.0. The highest BCUT2D eigenvalue weighted by Gasteiger charge is 2.34. The lowest BCUT2D eigenvalue weighted by molar-refractivity contribution is -0.137. The van der Waals surface area contributed by atoms with Crippen LogP contribution in [0.4, 0.5) is 18.9 Å². The fraction of sp³-hybridized carbons (Fsp3) is 0.538. The van der Waals surface area contributed by atoms with Gasteiger partial charge in [0.25, 0.3) is 0 Å². The number of halogens is 4. The quantitative estimate of drug-likeness (QED) is 0.541. The van der Waals surface area contributed by atoms with Gasteiger partial charge in [-0.15, -0.1) is 0 Å². The highest BCUT2D eigenvalue weighted by molar-refractivity contribution is 9.10. The van der Waals surface area contributed by atoms with Gasteiger partial charge in [-0.3, -0.25) is 0 Å². The highest BCUT2D eigenvalue weighted by Crippen LogP contribution is 2.38. The van der Waals surface area contributed by atoms with Crippen molar-refractivity contribution >= 4 is 21.6 Å².